The number of carbonyl (C=O) groups excluding carboxylic acids is 2. The van der Waals surface area contributed by atoms with Gasteiger partial charge in [-0.1, -0.05) is 30.3 Å². The van der Waals surface area contributed by atoms with Crippen LogP contribution in [0.5, 0.6) is 0 Å². The van der Waals surface area contributed by atoms with E-state index in [1.165, 1.54) is 0 Å². The maximum absolute atomic E-state index is 11.7. The number of piperidine rings is 1. The number of amides is 2. The molecule has 5 nitrogen and oxygen atoms in total. The van der Waals surface area contributed by atoms with Crippen LogP contribution in [0.4, 0.5) is 0 Å². The number of hydrogen-bond donors (Lipinski definition) is 3. The van der Waals surface area contributed by atoms with Gasteiger partial charge in [-0.25, -0.2) is 0 Å². The van der Waals surface area contributed by atoms with Crippen LogP contribution >= 0.6 is 12.4 Å². The molecule has 6 heteroatoms. The standard InChI is InChI=1S/C15H21N3O2.ClH/c19-14(9-12-5-2-1-3-6-12)17-11-15(20)18-13-7-4-8-16-10-13;/h1-3,5-6,13,16H,4,7-11H2,(H,17,19)(H,18,20);1H/t13-;/m0./s1. The monoisotopic (exact) mass is 311 g/mol. The van der Waals surface area contributed by atoms with Gasteiger partial charge < -0.3 is 16.0 Å². The van der Waals surface area contributed by atoms with Gasteiger partial charge in [0.2, 0.25) is 11.8 Å². The Morgan fingerprint density at radius 1 is 1.19 bits per heavy atom. The number of benzene rings is 1. The minimum absolute atomic E-state index is 0. The van der Waals surface area contributed by atoms with E-state index < -0.39 is 0 Å². The lowest BCUT2D eigenvalue weighted by Crippen LogP contribution is -2.48. The second-order valence-corrected chi connectivity index (χ2v) is 5.05. The molecule has 0 aromatic heterocycles. The molecule has 2 rings (SSSR count). The molecule has 1 aromatic carbocycles. The molecule has 0 aliphatic carbocycles. The van der Waals surface area contributed by atoms with Crippen LogP contribution in [0.3, 0.4) is 0 Å². The van der Waals surface area contributed by atoms with E-state index in [1.54, 1.807) is 0 Å². The van der Waals surface area contributed by atoms with Crippen LogP contribution in [-0.4, -0.2) is 37.5 Å². The zero-order valence-corrected chi connectivity index (χ0v) is 12.7. The van der Waals surface area contributed by atoms with Crippen molar-refractivity contribution in [2.24, 2.45) is 0 Å². The first-order valence-corrected chi connectivity index (χ1v) is 7.05. The van der Waals surface area contributed by atoms with Crippen molar-refractivity contribution in [3.05, 3.63) is 35.9 Å². The van der Waals surface area contributed by atoms with Crippen molar-refractivity contribution in [1.82, 2.24) is 16.0 Å². The Hall–Kier alpha value is -1.59. The summed E-state index contributed by atoms with van der Waals surface area (Å²) in [5.41, 5.74) is 0.946. The van der Waals surface area contributed by atoms with E-state index in [9.17, 15) is 9.59 Å². The van der Waals surface area contributed by atoms with Gasteiger partial charge in [-0.3, -0.25) is 9.59 Å². The molecule has 1 fully saturated rings. The molecule has 0 radical (unpaired) electrons. The molecule has 0 saturated carbocycles. The molecule has 1 aliphatic heterocycles. The molecule has 2 amide bonds. The first-order valence-electron chi connectivity index (χ1n) is 7.05. The molecule has 116 valence electrons. The normalized spacial score (nSPS) is 17.4. The summed E-state index contributed by atoms with van der Waals surface area (Å²) < 4.78 is 0. The van der Waals surface area contributed by atoms with Crippen molar-refractivity contribution >= 4 is 24.2 Å². The van der Waals surface area contributed by atoms with Crippen LogP contribution in [-0.2, 0) is 16.0 Å². The van der Waals surface area contributed by atoms with Crippen LogP contribution in [0.25, 0.3) is 0 Å². The number of hydrogen-bond acceptors (Lipinski definition) is 3. The van der Waals surface area contributed by atoms with Gasteiger partial charge in [-0.15, -0.1) is 12.4 Å². The minimum atomic E-state index is -0.131. The highest BCUT2D eigenvalue weighted by atomic mass is 35.5. The van der Waals surface area contributed by atoms with Gasteiger partial charge in [0.05, 0.1) is 13.0 Å². The van der Waals surface area contributed by atoms with Gasteiger partial charge in [0, 0.05) is 12.6 Å². The molecule has 3 N–H and O–H groups in total. The lowest BCUT2D eigenvalue weighted by Gasteiger charge is -2.23. The molecule has 1 heterocycles. The second kappa shape index (κ2) is 9.37. The Kier molecular flexibility index (Phi) is 7.79. The highest BCUT2D eigenvalue weighted by Gasteiger charge is 2.15. The first kappa shape index (κ1) is 17.5. The van der Waals surface area contributed by atoms with E-state index in [2.05, 4.69) is 16.0 Å². The molecule has 0 spiro atoms. The van der Waals surface area contributed by atoms with Gasteiger partial charge in [-0.2, -0.15) is 0 Å². The molecule has 1 aliphatic rings. The van der Waals surface area contributed by atoms with Crippen molar-refractivity contribution in [3.63, 3.8) is 0 Å². The van der Waals surface area contributed by atoms with E-state index in [0.717, 1.165) is 31.5 Å². The summed E-state index contributed by atoms with van der Waals surface area (Å²) in [5, 5.41) is 8.81. The Balaban J connectivity index is 0.00000220. The fraction of sp³-hybridized carbons (Fsp3) is 0.467. The van der Waals surface area contributed by atoms with Crippen molar-refractivity contribution < 1.29 is 9.59 Å². The Labute approximate surface area is 131 Å². The van der Waals surface area contributed by atoms with E-state index >= 15 is 0 Å². The molecule has 21 heavy (non-hydrogen) atoms. The molecular formula is C15H22ClN3O2. The van der Waals surface area contributed by atoms with E-state index in [0.29, 0.717) is 6.42 Å². The number of nitrogens with one attached hydrogen (secondary N) is 3. The summed E-state index contributed by atoms with van der Waals surface area (Å²) >= 11 is 0. The fourth-order valence-electron chi connectivity index (χ4n) is 2.28. The molecular weight excluding hydrogens is 290 g/mol. The average molecular weight is 312 g/mol. The predicted molar refractivity (Wildman–Crippen MR) is 84.4 cm³/mol. The quantitative estimate of drug-likeness (QED) is 0.747. The van der Waals surface area contributed by atoms with Crippen molar-refractivity contribution in [3.8, 4) is 0 Å². The molecule has 1 aromatic rings. The van der Waals surface area contributed by atoms with Crippen LogP contribution < -0.4 is 16.0 Å². The minimum Gasteiger partial charge on any atom is -0.351 e. The first-order chi connectivity index (χ1) is 9.74. The third-order valence-corrected chi connectivity index (χ3v) is 3.32. The van der Waals surface area contributed by atoms with Crippen LogP contribution in [0, 0.1) is 0 Å². The van der Waals surface area contributed by atoms with Crippen LogP contribution in [0.15, 0.2) is 30.3 Å². The largest absolute Gasteiger partial charge is 0.351 e. The van der Waals surface area contributed by atoms with Crippen molar-refractivity contribution in [2.75, 3.05) is 19.6 Å². The third-order valence-electron chi connectivity index (χ3n) is 3.32. The number of rotatable bonds is 5. The summed E-state index contributed by atoms with van der Waals surface area (Å²) in [6.07, 6.45) is 2.38. The van der Waals surface area contributed by atoms with E-state index in [1.807, 2.05) is 30.3 Å². The van der Waals surface area contributed by atoms with E-state index in [-0.39, 0.29) is 36.8 Å². The van der Waals surface area contributed by atoms with Crippen LogP contribution in [0.1, 0.15) is 18.4 Å². The lowest BCUT2D eigenvalue weighted by atomic mass is 10.1. The third kappa shape index (κ3) is 6.60. The number of halogens is 1. The SMILES string of the molecule is Cl.O=C(Cc1ccccc1)NCC(=O)N[C@H]1CCCNC1. The second-order valence-electron chi connectivity index (χ2n) is 5.05. The number of carbonyl (C=O) groups is 2. The summed E-state index contributed by atoms with van der Waals surface area (Å²) in [4.78, 5) is 23.4. The zero-order valence-electron chi connectivity index (χ0n) is 11.9. The highest BCUT2D eigenvalue weighted by molar-refractivity contribution is 5.86. The van der Waals surface area contributed by atoms with E-state index in [4.69, 9.17) is 0 Å². The molecule has 1 atom stereocenters. The van der Waals surface area contributed by atoms with Crippen molar-refractivity contribution in [1.29, 1.82) is 0 Å². The van der Waals surface area contributed by atoms with Crippen LogP contribution in [0.2, 0.25) is 0 Å². The lowest BCUT2D eigenvalue weighted by molar-refractivity contribution is -0.126. The predicted octanol–water partition coefficient (Wildman–Crippen LogP) is 0.635. The highest BCUT2D eigenvalue weighted by Crippen LogP contribution is 2.01. The van der Waals surface area contributed by atoms with Gasteiger partial charge in [-0.05, 0) is 24.9 Å². The summed E-state index contributed by atoms with van der Waals surface area (Å²) in [6, 6.07) is 9.67. The smallest absolute Gasteiger partial charge is 0.239 e. The molecule has 0 bridgehead atoms. The molecule has 1 saturated heterocycles. The summed E-state index contributed by atoms with van der Waals surface area (Å²) in [5.74, 6) is -0.256. The summed E-state index contributed by atoms with van der Waals surface area (Å²) in [7, 11) is 0. The maximum atomic E-state index is 11.7. The maximum Gasteiger partial charge on any atom is 0.239 e. The Morgan fingerprint density at radius 2 is 1.95 bits per heavy atom. The van der Waals surface area contributed by atoms with Gasteiger partial charge in [0.25, 0.3) is 0 Å². The van der Waals surface area contributed by atoms with Gasteiger partial charge in [0.15, 0.2) is 0 Å². The van der Waals surface area contributed by atoms with Gasteiger partial charge >= 0.3 is 0 Å². The summed E-state index contributed by atoms with van der Waals surface area (Å²) in [6.45, 7) is 1.87. The molecule has 0 unspecified atom stereocenters. The topological polar surface area (TPSA) is 70.2 Å². The van der Waals surface area contributed by atoms with Crippen molar-refractivity contribution in [2.45, 2.75) is 25.3 Å². The van der Waals surface area contributed by atoms with Gasteiger partial charge in [0.1, 0.15) is 0 Å². The fourth-order valence-corrected chi connectivity index (χ4v) is 2.28. The average Bonchev–Trinajstić information content (AvgIpc) is 2.47. The zero-order chi connectivity index (χ0) is 14.2. The Morgan fingerprint density at radius 3 is 2.62 bits per heavy atom. The Bertz CT molecular complexity index is 447.